The van der Waals surface area contributed by atoms with Gasteiger partial charge in [0.05, 0.1) is 12.7 Å². The summed E-state index contributed by atoms with van der Waals surface area (Å²) in [4.78, 5) is 11.7. The molecular weight excluding hydrogens is 180 g/mol. The molecule has 0 atom stereocenters. The molecule has 1 aromatic rings. The number of furan rings is 1. The van der Waals surface area contributed by atoms with Crippen LogP contribution in [0.1, 0.15) is 32.4 Å². The Hall–Kier alpha value is -1.09. The summed E-state index contributed by atoms with van der Waals surface area (Å²) in [5, 5.41) is 9.90. The van der Waals surface area contributed by atoms with Gasteiger partial charge in [-0.1, -0.05) is 13.8 Å². The van der Waals surface area contributed by atoms with E-state index < -0.39 is 5.60 Å². The van der Waals surface area contributed by atoms with Gasteiger partial charge in [0.25, 0.3) is 0 Å². The van der Waals surface area contributed by atoms with Gasteiger partial charge in [0.1, 0.15) is 11.4 Å². The lowest BCUT2D eigenvalue weighted by Crippen LogP contribution is -2.38. The molecule has 0 spiro atoms. The molecule has 0 saturated carbocycles. The quantitative estimate of drug-likeness (QED) is 0.783. The molecule has 0 fully saturated rings. The summed E-state index contributed by atoms with van der Waals surface area (Å²) in [6.45, 7) is 3.62. The molecular formula is C11H16O3. The fourth-order valence-corrected chi connectivity index (χ4v) is 1.38. The van der Waals surface area contributed by atoms with Crippen LogP contribution in [-0.2, 0) is 11.2 Å². The Bertz CT molecular complexity index is 283. The first-order valence-corrected chi connectivity index (χ1v) is 4.90. The molecule has 3 nitrogen and oxygen atoms in total. The van der Waals surface area contributed by atoms with Crippen molar-refractivity contribution >= 4 is 5.78 Å². The number of aliphatic hydroxyl groups is 1. The van der Waals surface area contributed by atoms with E-state index in [1.165, 1.54) is 6.26 Å². The monoisotopic (exact) mass is 196 g/mol. The number of Topliss-reactive ketones (excluding diaryl/α,β-unsaturated/α-hetero) is 1. The van der Waals surface area contributed by atoms with Gasteiger partial charge >= 0.3 is 0 Å². The summed E-state index contributed by atoms with van der Waals surface area (Å²) in [5.74, 6) is 0.438. The number of carbonyl (C=O) groups is 1. The van der Waals surface area contributed by atoms with E-state index in [2.05, 4.69) is 0 Å². The third-order valence-electron chi connectivity index (χ3n) is 2.60. The Morgan fingerprint density at radius 2 is 2.14 bits per heavy atom. The van der Waals surface area contributed by atoms with E-state index in [4.69, 9.17) is 4.42 Å². The second-order valence-corrected chi connectivity index (χ2v) is 3.42. The van der Waals surface area contributed by atoms with Crippen molar-refractivity contribution in [2.75, 3.05) is 0 Å². The third kappa shape index (κ3) is 2.23. The second-order valence-electron chi connectivity index (χ2n) is 3.42. The van der Waals surface area contributed by atoms with Crippen LogP contribution in [0, 0.1) is 0 Å². The van der Waals surface area contributed by atoms with Crippen molar-refractivity contribution in [1.82, 2.24) is 0 Å². The van der Waals surface area contributed by atoms with Crippen LogP contribution in [0.15, 0.2) is 22.8 Å². The van der Waals surface area contributed by atoms with Gasteiger partial charge in [-0.25, -0.2) is 0 Å². The van der Waals surface area contributed by atoms with E-state index in [1.54, 1.807) is 12.1 Å². The zero-order chi connectivity index (χ0) is 10.6. The van der Waals surface area contributed by atoms with Gasteiger partial charge < -0.3 is 9.52 Å². The maximum atomic E-state index is 11.7. The molecule has 0 radical (unpaired) electrons. The smallest absolute Gasteiger partial charge is 0.171 e. The first kappa shape index (κ1) is 11.0. The Kier molecular flexibility index (Phi) is 3.47. The first-order valence-electron chi connectivity index (χ1n) is 4.90. The molecule has 1 heterocycles. The van der Waals surface area contributed by atoms with Gasteiger partial charge in [-0.05, 0) is 25.0 Å². The lowest BCUT2D eigenvalue weighted by Gasteiger charge is -2.22. The predicted octanol–water partition coefficient (Wildman–Crippen LogP) is 1.94. The van der Waals surface area contributed by atoms with Gasteiger partial charge in [0, 0.05) is 0 Å². The highest BCUT2D eigenvalue weighted by atomic mass is 16.3. The third-order valence-corrected chi connectivity index (χ3v) is 2.60. The minimum atomic E-state index is -1.19. The maximum Gasteiger partial charge on any atom is 0.171 e. The highest BCUT2D eigenvalue weighted by Crippen LogP contribution is 2.18. The molecule has 14 heavy (non-hydrogen) atoms. The zero-order valence-electron chi connectivity index (χ0n) is 8.62. The Labute approximate surface area is 83.7 Å². The number of ketones is 1. The summed E-state index contributed by atoms with van der Waals surface area (Å²) < 4.78 is 5.06. The van der Waals surface area contributed by atoms with Crippen molar-refractivity contribution in [1.29, 1.82) is 0 Å². The van der Waals surface area contributed by atoms with Crippen molar-refractivity contribution in [3.63, 3.8) is 0 Å². The molecule has 0 aliphatic carbocycles. The fourth-order valence-electron chi connectivity index (χ4n) is 1.38. The van der Waals surface area contributed by atoms with Crippen LogP contribution in [-0.4, -0.2) is 16.5 Å². The molecule has 3 heteroatoms. The normalized spacial score (nSPS) is 11.6. The molecule has 1 rings (SSSR count). The van der Waals surface area contributed by atoms with Crippen molar-refractivity contribution in [2.24, 2.45) is 0 Å². The summed E-state index contributed by atoms with van der Waals surface area (Å²) in [6.07, 6.45) is 2.59. The van der Waals surface area contributed by atoms with Gasteiger partial charge in [-0.2, -0.15) is 0 Å². The van der Waals surface area contributed by atoms with Crippen LogP contribution < -0.4 is 0 Å². The molecule has 0 aliphatic rings. The lowest BCUT2D eigenvalue weighted by atomic mass is 9.90. The van der Waals surface area contributed by atoms with Gasteiger partial charge in [-0.3, -0.25) is 4.79 Å². The highest BCUT2D eigenvalue weighted by molar-refractivity contribution is 5.88. The van der Waals surface area contributed by atoms with Crippen molar-refractivity contribution in [2.45, 2.75) is 38.7 Å². The van der Waals surface area contributed by atoms with Crippen LogP contribution in [0.25, 0.3) is 0 Å². The van der Waals surface area contributed by atoms with E-state index in [1.807, 2.05) is 13.8 Å². The Morgan fingerprint density at radius 3 is 2.57 bits per heavy atom. The minimum absolute atomic E-state index is 0.169. The Balaban J connectivity index is 2.66. The highest BCUT2D eigenvalue weighted by Gasteiger charge is 2.31. The average Bonchev–Trinajstić information content (AvgIpc) is 2.69. The van der Waals surface area contributed by atoms with E-state index in [-0.39, 0.29) is 12.2 Å². The van der Waals surface area contributed by atoms with Gasteiger partial charge in [0.15, 0.2) is 5.78 Å². The molecule has 0 amide bonds. The van der Waals surface area contributed by atoms with Crippen molar-refractivity contribution in [3.05, 3.63) is 24.2 Å². The molecule has 0 aromatic carbocycles. The average molecular weight is 196 g/mol. The number of hydrogen-bond donors (Lipinski definition) is 1. The topological polar surface area (TPSA) is 50.4 Å². The molecule has 0 unspecified atom stereocenters. The molecule has 1 N–H and O–H groups in total. The summed E-state index contributed by atoms with van der Waals surface area (Å²) >= 11 is 0. The van der Waals surface area contributed by atoms with Crippen molar-refractivity contribution in [3.8, 4) is 0 Å². The molecule has 0 saturated heterocycles. The summed E-state index contributed by atoms with van der Waals surface area (Å²) in [5.41, 5.74) is -1.19. The maximum absolute atomic E-state index is 11.7. The second kappa shape index (κ2) is 4.42. The summed E-state index contributed by atoms with van der Waals surface area (Å²) in [6, 6.07) is 3.48. The molecule has 0 aliphatic heterocycles. The van der Waals surface area contributed by atoms with E-state index in [0.717, 1.165) is 0 Å². The van der Waals surface area contributed by atoms with Crippen LogP contribution in [0.5, 0.6) is 0 Å². The van der Waals surface area contributed by atoms with E-state index in [0.29, 0.717) is 18.6 Å². The summed E-state index contributed by atoms with van der Waals surface area (Å²) in [7, 11) is 0. The van der Waals surface area contributed by atoms with Crippen LogP contribution in [0.2, 0.25) is 0 Å². The van der Waals surface area contributed by atoms with Crippen LogP contribution in [0.4, 0.5) is 0 Å². The molecule has 1 aromatic heterocycles. The number of carbonyl (C=O) groups excluding carboxylic acids is 1. The largest absolute Gasteiger partial charge is 0.469 e. The standard InChI is InChI=1S/C11H16O3/c1-3-11(13,4-2)10(12)8-9-6-5-7-14-9/h5-7,13H,3-4,8H2,1-2H3. The van der Waals surface area contributed by atoms with Crippen molar-refractivity contribution < 1.29 is 14.3 Å². The van der Waals surface area contributed by atoms with Crippen LogP contribution >= 0.6 is 0 Å². The molecule has 78 valence electrons. The minimum Gasteiger partial charge on any atom is -0.469 e. The van der Waals surface area contributed by atoms with E-state index in [9.17, 15) is 9.90 Å². The number of rotatable bonds is 5. The van der Waals surface area contributed by atoms with Gasteiger partial charge in [0.2, 0.25) is 0 Å². The van der Waals surface area contributed by atoms with Crippen LogP contribution in [0.3, 0.4) is 0 Å². The lowest BCUT2D eigenvalue weighted by molar-refractivity contribution is -0.137. The molecule has 0 bridgehead atoms. The van der Waals surface area contributed by atoms with Gasteiger partial charge in [-0.15, -0.1) is 0 Å². The fraction of sp³-hybridized carbons (Fsp3) is 0.545. The SMILES string of the molecule is CCC(O)(CC)C(=O)Cc1ccco1. The number of hydrogen-bond acceptors (Lipinski definition) is 3. The zero-order valence-corrected chi connectivity index (χ0v) is 8.62. The Morgan fingerprint density at radius 1 is 1.50 bits per heavy atom. The van der Waals surface area contributed by atoms with E-state index >= 15 is 0 Å². The first-order chi connectivity index (χ1) is 6.62. The predicted molar refractivity (Wildman–Crippen MR) is 53.0 cm³/mol.